The third kappa shape index (κ3) is 5.39. The van der Waals surface area contributed by atoms with E-state index in [1.165, 1.54) is 7.11 Å². The summed E-state index contributed by atoms with van der Waals surface area (Å²) in [7, 11) is 1.52. The molecule has 0 fully saturated rings. The predicted molar refractivity (Wildman–Crippen MR) is 69.6 cm³/mol. The number of alkyl halides is 4. The first kappa shape index (κ1) is 15.5. The first-order chi connectivity index (χ1) is 8.46. The zero-order valence-electron chi connectivity index (χ0n) is 9.59. The highest BCUT2D eigenvalue weighted by molar-refractivity contribution is 9.08. The summed E-state index contributed by atoms with van der Waals surface area (Å²) < 4.78 is 46.1. The molecule has 0 heterocycles. The molecule has 0 aliphatic rings. The number of benzene rings is 1. The van der Waals surface area contributed by atoms with Crippen LogP contribution in [-0.2, 0) is 5.33 Å². The van der Waals surface area contributed by atoms with Crippen LogP contribution in [0.4, 0.5) is 13.2 Å². The van der Waals surface area contributed by atoms with Gasteiger partial charge < -0.3 is 9.47 Å². The minimum absolute atomic E-state index is 0.00263. The number of ether oxygens (including phenoxy) is 2. The van der Waals surface area contributed by atoms with Crippen LogP contribution < -0.4 is 9.47 Å². The molecule has 0 unspecified atom stereocenters. The fourth-order valence-electron chi connectivity index (χ4n) is 1.22. The van der Waals surface area contributed by atoms with Crippen molar-refractivity contribution in [2.45, 2.75) is 10.8 Å². The molecular weight excluding hydrogens is 333 g/mol. The maximum atomic E-state index is 11.9. The van der Waals surface area contributed by atoms with Crippen LogP contribution in [0.2, 0.25) is 0 Å². The van der Waals surface area contributed by atoms with Crippen LogP contribution in [0.5, 0.6) is 11.5 Å². The van der Waals surface area contributed by atoms with E-state index in [0.29, 0.717) is 16.8 Å². The van der Waals surface area contributed by atoms with Crippen molar-refractivity contribution in [2.24, 2.45) is 0 Å². The molecule has 1 rings (SSSR count). The van der Waals surface area contributed by atoms with Crippen molar-refractivity contribution < 1.29 is 22.6 Å². The van der Waals surface area contributed by atoms with E-state index in [1.807, 2.05) is 0 Å². The number of rotatable bonds is 6. The molecule has 0 atom stereocenters. The number of halogens is 4. The molecule has 1 aromatic rings. The molecule has 0 amide bonds. The van der Waals surface area contributed by atoms with Crippen molar-refractivity contribution in [2.75, 3.05) is 19.5 Å². The van der Waals surface area contributed by atoms with Gasteiger partial charge in [0.25, 0.3) is 0 Å². The molecule has 102 valence electrons. The maximum absolute atomic E-state index is 11.9. The fraction of sp³-hybridized carbons (Fsp3) is 0.455. The second-order valence-electron chi connectivity index (χ2n) is 3.25. The van der Waals surface area contributed by atoms with Crippen LogP contribution in [0.1, 0.15) is 5.56 Å². The van der Waals surface area contributed by atoms with E-state index in [0.717, 1.165) is 5.56 Å². The first-order valence-corrected chi connectivity index (χ1v) is 7.13. The lowest BCUT2D eigenvalue weighted by atomic mass is 10.2. The zero-order valence-corrected chi connectivity index (χ0v) is 12.0. The van der Waals surface area contributed by atoms with E-state index in [2.05, 4.69) is 15.9 Å². The van der Waals surface area contributed by atoms with Crippen molar-refractivity contribution in [3.63, 3.8) is 0 Å². The lowest BCUT2D eigenvalue weighted by molar-refractivity contribution is -0.0329. The quantitative estimate of drug-likeness (QED) is 0.568. The lowest BCUT2D eigenvalue weighted by Crippen LogP contribution is -2.08. The molecule has 0 saturated carbocycles. The molecule has 18 heavy (non-hydrogen) atoms. The lowest BCUT2D eigenvalue weighted by Gasteiger charge is -2.12. The average Bonchev–Trinajstić information content (AvgIpc) is 2.33. The molecule has 0 aliphatic carbocycles. The highest BCUT2D eigenvalue weighted by Crippen LogP contribution is 2.31. The molecule has 0 radical (unpaired) electrons. The van der Waals surface area contributed by atoms with Gasteiger partial charge in [-0.3, -0.25) is 0 Å². The van der Waals surface area contributed by atoms with Crippen LogP contribution in [0.15, 0.2) is 18.2 Å². The third-order valence-electron chi connectivity index (χ3n) is 2.02. The number of methoxy groups -OCH3 is 1. The Kier molecular flexibility index (Phi) is 6.14. The van der Waals surface area contributed by atoms with Crippen molar-refractivity contribution in [1.29, 1.82) is 0 Å². The summed E-state index contributed by atoms with van der Waals surface area (Å²) in [5.41, 5.74) is -3.34. The minimum atomic E-state index is -4.21. The molecule has 0 N–H and O–H groups in total. The van der Waals surface area contributed by atoms with Gasteiger partial charge in [0, 0.05) is 22.7 Å². The van der Waals surface area contributed by atoms with E-state index in [1.54, 1.807) is 18.2 Å². The van der Waals surface area contributed by atoms with Crippen LogP contribution in [0, 0.1) is 0 Å². The highest BCUT2D eigenvalue weighted by Gasteiger charge is 2.27. The van der Waals surface area contributed by atoms with E-state index in [9.17, 15) is 13.2 Å². The zero-order chi connectivity index (χ0) is 13.6. The molecule has 2 nitrogen and oxygen atoms in total. The monoisotopic (exact) mass is 344 g/mol. The van der Waals surface area contributed by atoms with Crippen molar-refractivity contribution in [1.82, 2.24) is 0 Å². The number of hydrogen-bond acceptors (Lipinski definition) is 3. The van der Waals surface area contributed by atoms with Crippen LogP contribution >= 0.6 is 27.7 Å². The second-order valence-corrected chi connectivity index (χ2v) is 4.97. The van der Waals surface area contributed by atoms with Crippen LogP contribution in [0.3, 0.4) is 0 Å². The molecule has 0 aromatic heterocycles. The van der Waals surface area contributed by atoms with Gasteiger partial charge in [0.2, 0.25) is 0 Å². The SMILES string of the molecule is COc1ccc(CBr)c(OCCSC(F)(F)F)c1. The molecule has 0 bridgehead atoms. The van der Waals surface area contributed by atoms with E-state index < -0.39 is 5.51 Å². The van der Waals surface area contributed by atoms with Crippen LogP contribution in [0.25, 0.3) is 0 Å². The highest BCUT2D eigenvalue weighted by atomic mass is 79.9. The van der Waals surface area contributed by atoms with Gasteiger partial charge in [-0.05, 0) is 17.8 Å². The maximum Gasteiger partial charge on any atom is 0.441 e. The molecule has 1 aromatic carbocycles. The Morgan fingerprint density at radius 1 is 1.33 bits per heavy atom. The molecule has 0 aliphatic heterocycles. The van der Waals surface area contributed by atoms with Gasteiger partial charge >= 0.3 is 5.51 Å². The Bertz CT molecular complexity index is 385. The molecular formula is C11H12BrF3O2S. The van der Waals surface area contributed by atoms with Gasteiger partial charge in [-0.2, -0.15) is 13.2 Å². The summed E-state index contributed by atoms with van der Waals surface area (Å²) in [6.07, 6.45) is 0. The Morgan fingerprint density at radius 2 is 2.06 bits per heavy atom. The van der Waals surface area contributed by atoms with Gasteiger partial charge in [-0.25, -0.2) is 0 Å². The molecule has 0 saturated heterocycles. The summed E-state index contributed by atoms with van der Waals surface area (Å²) in [5, 5.41) is 0.568. The van der Waals surface area contributed by atoms with Crippen molar-refractivity contribution in [3.05, 3.63) is 23.8 Å². The second kappa shape index (κ2) is 7.13. The number of hydrogen-bond donors (Lipinski definition) is 0. The summed E-state index contributed by atoms with van der Waals surface area (Å²) in [6.45, 7) is -0.00263. The number of thioether (sulfide) groups is 1. The van der Waals surface area contributed by atoms with Gasteiger partial charge in [-0.15, -0.1) is 0 Å². The third-order valence-corrected chi connectivity index (χ3v) is 3.33. The summed E-state index contributed by atoms with van der Waals surface area (Å²) in [6, 6.07) is 5.24. The van der Waals surface area contributed by atoms with Gasteiger partial charge in [-0.1, -0.05) is 22.0 Å². The largest absolute Gasteiger partial charge is 0.497 e. The normalized spacial score (nSPS) is 11.4. The van der Waals surface area contributed by atoms with E-state index in [-0.39, 0.29) is 24.1 Å². The van der Waals surface area contributed by atoms with E-state index in [4.69, 9.17) is 9.47 Å². The minimum Gasteiger partial charge on any atom is -0.497 e. The first-order valence-electron chi connectivity index (χ1n) is 5.02. The molecule has 0 spiro atoms. The Hall–Kier alpha value is -0.560. The van der Waals surface area contributed by atoms with Crippen LogP contribution in [-0.4, -0.2) is 25.0 Å². The Labute approximate surface area is 116 Å². The summed E-state index contributed by atoms with van der Waals surface area (Å²) in [5.74, 6) is 1.01. The van der Waals surface area contributed by atoms with Crippen molar-refractivity contribution in [3.8, 4) is 11.5 Å². The van der Waals surface area contributed by atoms with Gasteiger partial charge in [0.15, 0.2) is 0 Å². The Balaban J connectivity index is 2.54. The average molecular weight is 345 g/mol. The van der Waals surface area contributed by atoms with Gasteiger partial charge in [0.05, 0.1) is 13.7 Å². The fourth-order valence-corrected chi connectivity index (χ4v) is 2.08. The van der Waals surface area contributed by atoms with E-state index >= 15 is 0 Å². The van der Waals surface area contributed by atoms with Gasteiger partial charge in [0.1, 0.15) is 11.5 Å². The standard InChI is InChI=1S/C11H12BrF3O2S/c1-16-9-3-2-8(7-12)10(6-9)17-4-5-18-11(13,14)15/h2-3,6H,4-5,7H2,1H3. The topological polar surface area (TPSA) is 18.5 Å². The smallest absolute Gasteiger partial charge is 0.441 e. The van der Waals surface area contributed by atoms with Crippen molar-refractivity contribution >= 4 is 27.7 Å². The predicted octanol–water partition coefficient (Wildman–Crippen LogP) is 4.22. The molecule has 7 heteroatoms. The summed E-state index contributed by atoms with van der Waals surface area (Å²) in [4.78, 5) is 0. The Morgan fingerprint density at radius 3 is 2.61 bits per heavy atom. The summed E-state index contributed by atoms with van der Waals surface area (Å²) >= 11 is 3.20.